The Balaban J connectivity index is 2.35. The molecule has 5 heteroatoms. The number of amides is 1. The van der Waals surface area contributed by atoms with Crippen LogP contribution in [0.15, 0.2) is 12.1 Å². The van der Waals surface area contributed by atoms with Gasteiger partial charge in [0, 0.05) is 19.2 Å². The zero-order valence-electron chi connectivity index (χ0n) is 11.6. The molecule has 1 amide bonds. The topological polar surface area (TPSA) is 64.8 Å². The molecule has 0 aliphatic carbocycles. The molecule has 0 bridgehead atoms. The van der Waals surface area contributed by atoms with Gasteiger partial charge in [-0.1, -0.05) is 6.92 Å². The second-order valence-corrected chi connectivity index (χ2v) is 4.94. The highest BCUT2D eigenvalue weighted by molar-refractivity contribution is 6.01. The molecule has 1 heterocycles. The predicted molar refractivity (Wildman–Crippen MR) is 73.6 cm³/mol. The summed E-state index contributed by atoms with van der Waals surface area (Å²) in [5.41, 5.74) is 6.81. The van der Waals surface area contributed by atoms with E-state index in [0.717, 1.165) is 19.5 Å². The maximum atomic E-state index is 12.5. The van der Waals surface area contributed by atoms with Crippen molar-refractivity contribution in [1.29, 1.82) is 0 Å². The van der Waals surface area contributed by atoms with Crippen LogP contribution in [0.1, 0.15) is 23.7 Å². The van der Waals surface area contributed by atoms with Gasteiger partial charge in [-0.25, -0.2) is 0 Å². The molecule has 0 radical (unpaired) electrons. The number of nitrogens with two attached hydrogens (primary N) is 1. The third kappa shape index (κ3) is 2.59. The number of ether oxygens (including phenoxy) is 2. The van der Waals surface area contributed by atoms with Gasteiger partial charge in [0.2, 0.25) is 0 Å². The summed E-state index contributed by atoms with van der Waals surface area (Å²) in [7, 11) is 3.08. The van der Waals surface area contributed by atoms with Gasteiger partial charge in [-0.05, 0) is 18.4 Å². The fraction of sp³-hybridized carbons (Fsp3) is 0.500. The molecule has 104 valence electrons. The van der Waals surface area contributed by atoms with E-state index in [-0.39, 0.29) is 5.91 Å². The first-order valence-electron chi connectivity index (χ1n) is 6.37. The first-order chi connectivity index (χ1) is 9.06. The number of carbonyl (C=O) groups is 1. The molecule has 0 spiro atoms. The normalized spacial score (nSPS) is 18.5. The summed E-state index contributed by atoms with van der Waals surface area (Å²) in [6, 6.07) is 3.35. The molecule has 5 nitrogen and oxygen atoms in total. The van der Waals surface area contributed by atoms with E-state index in [0.29, 0.717) is 28.7 Å². The quantitative estimate of drug-likeness (QED) is 0.845. The van der Waals surface area contributed by atoms with E-state index >= 15 is 0 Å². The van der Waals surface area contributed by atoms with E-state index in [1.165, 1.54) is 7.11 Å². The number of likely N-dealkylation sites (tertiary alicyclic amines) is 1. The Morgan fingerprint density at radius 2 is 2.11 bits per heavy atom. The Morgan fingerprint density at radius 1 is 1.37 bits per heavy atom. The van der Waals surface area contributed by atoms with Crippen molar-refractivity contribution in [3.05, 3.63) is 17.7 Å². The third-order valence-corrected chi connectivity index (χ3v) is 3.51. The predicted octanol–water partition coefficient (Wildman–Crippen LogP) is 1.77. The van der Waals surface area contributed by atoms with Gasteiger partial charge < -0.3 is 20.1 Å². The monoisotopic (exact) mass is 264 g/mol. The van der Waals surface area contributed by atoms with E-state index in [2.05, 4.69) is 6.92 Å². The maximum Gasteiger partial charge on any atom is 0.256 e. The second kappa shape index (κ2) is 5.38. The molecule has 1 unspecified atom stereocenters. The van der Waals surface area contributed by atoms with E-state index < -0.39 is 0 Å². The van der Waals surface area contributed by atoms with Crippen LogP contribution >= 0.6 is 0 Å². The number of hydrogen-bond acceptors (Lipinski definition) is 4. The fourth-order valence-electron chi connectivity index (χ4n) is 2.35. The van der Waals surface area contributed by atoms with Crippen LogP contribution in [0.25, 0.3) is 0 Å². The van der Waals surface area contributed by atoms with Gasteiger partial charge in [-0.2, -0.15) is 0 Å². The zero-order chi connectivity index (χ0) is 14.0. The molecule has 1 atom stereocenters. The summed E-state index contributed by atoms with van der Waals surface area (Å²) in [6.45, 7) is 3.69. The Morgan fingerprint density at radius 3 is 2.63 bits per heavy atom. The average molecular weight is 264 g/mol. The van der Waals surface area contributed by atoms with Gasteiger partial charge in [0.15, 0.2) is 0 Å². The molecule has 1 aliphatic rings. The molecule has 19 heavy (non-hydrogen) atoms. The Bertz CT molecular complexity index is 488. The molecule has 2 rings (SSSR count). The molecule has 1 saturated heterocycles. The summed E-state index contributed by atoms with van der Waals surface area (Å²) >= 11 is 0. The van der Waals surface area contributed by atoms with Crippen LogP contribution in [0.3, 0.4) is 0 Å². The number of methoxy groups -OCH3 is 2. The summed E-state index contributed by atoms with van der Waals surface area (Å²) in [5, 5.41) is 0. The molecular formula is C14H20N2O3. The van der Waals surface area contributed by atoms with Crippen molar-refractivity contribution in [2.75, 3.05) is 33.0 Å². The minimum absolute atomic E-state index is 0.0564. The third-order valence-electron chi connectivity index (χ3n) is 3.51. The molecule has 1 fully saturated rings. The number of hydrogen-bond donors (Lipinski definition) is 1. The van der Waals surface area contributed by atoms with Crippen LogP contribution in [0.5, 0.6) is 11.5 Å². The van der Waals surface area contributed by atoms with Crippen LogP contribution in [0, 0.1) is 5.92 Å². The smallest absolute Gasteiger partial charge is 0.256 e. The number of anilines is 1. The van der Waals surface area contributed by atoms with Gasteiger partial charge in [-0.15, -0.1) is 0 Å². The van der Waals surface area contributed by atoms with Crippen molar-refractivity contribution in [3.8, 4) is 11.5 Å². The Kier molecular flexibility index (Phi) is 3.83. The lowest BCUT2D eigenvalue weighted by atomic mass is 10.1. The molecule has 0 saturated carbocycles. The number of nitrogens with zero attached hydrogens (tertiary/aromatic N) is 1. The largest absolute Gasteiger partial charge is 0.497 e. The first-order valence-corrected chi connectivity index (χ1v) is 6.37. The molecule has 1 aliphatic heterocycles. The fourth-order valence-corrected chi connectivity index (χ4v) is 2.35. The average Bonchev–Trinajstić information content (AvgIpc) is 2.85. The lowest BCUT2D eigenvalue weighted by Crippen LogP contribution is -2.29. The maximum absolute atomic E-state index is 12.5. The number of rotatable bonds is 3. The Hall–Kier alpha value is -1.91. The molecule has 1 aromatic rings. The zero-order valence-corrected chi connectivity index (χ0v) is 11.6. The lowest BCUT2D eigenvalue weighted by Gasteiger charge is -2.19. The minimum Gasteiger partial charge on any atom is -0.497 e. The van der Waals surface area contributed by atoms with Crippen molar-refractivity contribution in [1.82, 2.24) is 4.90 Å². The number of benzene rings is 1. The minimum atomic E-state index is -0.0564. The van der Waals surface area contributed by atoms with Crippen molar-refractivity contribution in [3.63, 3.8) is 0 Å². The highest BCUT2D eigenvalue weighted by Crippen LogP contribution is 2.32. The molecular weight excluding hydrogens is 244 g/mol. The molecule has 0 aromatic heterocycles. The van der Waals surface area contributed by atoms with Crippen LogP contribution in [-0.2, 0) is 0 Å². The number of carbonyl (C=O) groups excluding carboxylic acids is 1. The van der Waals surface area contributed by atoms with Crippen LogP contribution < -0.4 is 15.2 Å². The lowest BCUT2D eigenvalue weighted by molar-refractivity contribution is 0.0788. The van der Waals surface area contributed by atoms with E-state index in [1.54, 1.807) is 19.2 Å². The van der Waals surface area contributed by atoms with Gasteiger partial charge in [0.05, 0.1) is 25.5 Å². The first kappa shape index (κ1) is 13.5. The summed E-state index contributed by atoms with van der Waals surface area (Å²) in [4.78, 5) is 14.3. The van der Waals surface area contributed by atoms with Gasteiger partial charge in [0.1, 0.15) is 11.5 Å². The summed E-state index contributed by atoms with van der Waals surface area (Å²) < 4.78 is 10.4. The van der Waals surface area contributed by atoms with Crippen LogP contribution in [-0.4, -0.2) is 38.1 Å². The van der Waals surface area contributed by atoms with Crippen molar-refractivity contribution in [2.24, 2.45) is 5.92 Å². The van der Waals surface area contributed by atoms with E-state index in [9.17, 15) is 4.79 Å². The number of nitrogen functional groups attached to an aromatic ring is 1. The molecule has 2 N–H and O–H groups in total. The standard InChI is InChI=1S/C14H20N2O3/c1-9-4-5-16(8-9)14(17)11-6-10(18-2)7-12(19-3)13(11)15/h6-7,9H,4-5,8,15H2,1-3H3. The summed E-state index contributed by atoms with van der Waals surface area (Å²) in [6.07, 6.45) is 1.03. The van der Waals surface area contributed by atoms with Gasteiger partial charge in [0.25, 0.3) is 5.91 Å². The van der Waals surface area contributed by atoms with Crippen LogP contribution in [0.2, 0.25) is 0 Å². The van der Waals surface area contributed by atoms with Crippen molar-refractivity contribution in [2.45, 2.75) is 13.3 Å². The van der Waals surface area contributed by atoms with Gasteiger partial charge >= 0.3 is 0 Å². The Labute approximate surface area is 113 Å². The highest BCUT2D eigenvalue weighted by atomic mass is 16.5. The van der Waals surface area contributed by atoms with E-state index in [1.807, 2.05) is 4.90 Å². The van der Waals surface area contributed by atoms with E-state index in [4.69, 9.17) is 15.2 Å². The van der Waals surface area contributed by atoms with Crippen LogP contribution in [0.4, 0.5) is 5.69 Å². The molecule has 1 aromatic carbocycles. The SMILES string of the molecule is COc1cc(OC)c(N)c(C(=O)N2CCC(C)C2)c1. The van der Waals surface area contributed by atoms with Crippen molar-refractivity contribution < 1.29 is 14.3 Å². The summed E-state index contributed by atoms with van der Waals surface area (Å²) in [5.74, 6) is 1.52. The second-order valence-electron chi connectivity index (χ2n) is 4.94. The van der Waals surface area contributed by atoms with Gasteiger partial charge in [-0.3, -0.25) is 4.79 Å². The highest BCUT2D eigenvalue weighted by Gasteiger charge is 2.26. The van der Waals surface area contributed by atoms with Crippen molar-refractivity contribution >= 4 is 11.6 Å².